The molecule has 0 N–H and O–H groups in total. The quantitative estimate of drug-likeness (QED) is 0.576. The molecule has 2 rings (SSSR count). The molecule has 0 aromatic heterocycles. The molecule has 1 aliphatic heterocycles. The predicted molar refractivity (Wildman–Crippen MR) is 44.5 cm³/mol. The summed E-state index contributed by atoms with van der Waals surface area (Å²) < 4.78 is 10.6. The largest absolute Gasteiger partial charge is 0.413 e. The van der Waals surface area contributed by atoms with Crippen LogP contribution in [0.2, 0.25) is 0 Å². The van der Waals surface area contributed by atoms with Gasteiger partial charge in [-0.3, -0.25) is 0 Å². The van der Waals surface area contributed by atoms with E-state index < -0.39 is 9.28 Å². The summed E-state index contributed by atoms with van der Waals surface area (Å²) in [5.74, 6) is 0. The Kier molecular flexibility index (Phi) is 1.91. The van der Waals surface area contributed by atoms with Crippen molar-refractivity contribution in [1.29, 1.82) is 0 Å². The van der Waals surface area contributed by atoms with Gasteiger partial charge in [-0.2, -0.15) is 0 Å². The van der Waals surface area contributed by atoms with Crippen LogP contribution in [0.5, 0.6) is 0 Å². The van der Waals surface area contributed by atoms with Crippen molar-refractivity contribution in [3.63, 3.8) is 0 Å². The van der Waals surface area contributed by atoms with Crippen LogP contribution in [-0.4, -0.2) is 19.3 Å². The van der Waals surface area contributed by atoms with Gasteiger partial charge in [-0.1, -0.05) is 24.3 Å². The highest BCUT2D eigenvalue weighted by Gasteiger charge is 2.29. The van der Waals surface area contributed by atoms with Crippen LogP contribution in [0, 0.1) is 6.92 Å². The molecule has 1 aromatic rings. The van der Waals surface area contributed by atoms with E-state index in [1.54, 1.807) is 0 Å². The molecule has 1 aliphatic rings. The van der Waals surface area contributed by atoms with Crippen molar-refractivity contribution in [2.75, 3.05) is 0 Å². The molecule has 0 atom stereocenters. The second-order valence-corrected chi connectivity index (χ2v) is 5.30. The zero-order valence-corrected chi connectivity index (χ0v) is 8.13. The Labute approximate surface area is 70.1 Å². The van der Waals surface area contributed by atoms with Gasteiger partial charge in [0.05, 0.1) is 0 Å². The average molecular weight is 179 g/mol. The van der Waals surface area contributed by atoms with Gasteiger partial charge in [-0.05, 0) is 17.7 Å². The summed E-state index contributed by atoms with van der Waals surface area (Å²) >= 11 is 0. The molecule has 11 heavy (non-hydrogen) atoms. The summed E-state index contributed by atoms with van der Waals surface area (Å²) in [6, 6.07) is 8.21. The van der Waals surface area contributed by atoms with E-state index in [1.165, 1.54) is 10.8 Å². The molecule has 2 nitrogen and oxygen atoms in total. The topological polar surface area (TPSA) is 18.5 Å². The Morgan fingerprint density at radius 3 is 2.55 bits per heavy atom. The van der Waals surface area contributed by atoms with Gasteiger partial charge in [0, 0.05) is 0 Å². The summed E-state index contributed by atoms with van der Waals surface area (Å²) in [7, 11) is -0.775. The summed E-state index contributed by atoms with van der Waals surface area (Å²) in [6.07, 6.45) is 0. The third-order valence-corrected chi connectivity index (χ3v) is 4.78. The molecule has 0 aliphatic carbocycles. The van der Waals surface area contributed by atoms with Crippen LogP contribution in [-0.2, 0) is 8.23 Å². The van der Waals surface area contributed by atoms with Crippen molar-refractivity contribution in [3.05, 3.63) is 29.8 Å². The summed E-state index contributed by atoms with van der Waals surface area (Å²) in [5, 5.41) is 1.25. The van der Waals surface area contributed by atoms with E-state index in [0.29, 0.717) is 0 Å². The van der Waals surface area contributed by atoms with Gasteiger partial charge in [0.1, 0.15) is 0 Å². The maximum absolute atomic E-state index is 5.30. The molecule has 1 fully saturated rings. The standard InChI is InChI=1S/C7H7O2Si2/c1-6-4-2-3-5-7(6)11-8-10-9-11/h2-5H,1H3. The first-order valence-electron chi connectivity index (χ1n) is 3.39. The first kappa shape index (κ1) is 7.24. The molecular weight excluding hydrogens is 172 g/mol. The molecule has 4 heteroatoms. The monoisotopic (exact) mass is 179 g/mol. The molecule has 0 unspecified atom stereocenters. The minimum atomic E-state index is -1.04. The molecule has 1 aromatic carbocycles. The van der Waals surface area contributed by atoms with Crippen LogP contribution < -0.4 is 5.19 Å². The highest BCUT2D eigenvalue weighted by Crippen LogP contribution is 2.03. The van der Waals surface area contributed by atoms with Gasteiger partial charge in [0.25, 0.3) is 0 Å². The molecule has 1 heterocycles. The van der Waals surface area contributed by atoms with Gasteiger partial charge < -0.3 is 8.23 Å². The number of aryl methyl sites for hydroxylation is 1. The zero-order valence-electron chi connectivity index (χ0n) is 6.13. The van der Waals surface area contributed by atoms with Crippen LogP contribution >= 0.6 is 0 Å². The molecule has 0 amide bonds. The normalized spacial score (nSPS) is 17.9. The predicted octanol–water partition coefficient (Wildman–Crippen LogP) is 0.271. The van der Waals surface area contributed by atoms with E-state index in [2.05, 4.69) is 19.1 Å². The summed E-state index contributed by atoms with van der Waals surface area (Å²) in [4.78, 5) is 0. The molecule has 55 valence electrons. The highest BCUT2D eigenvalue weighted by atomic mass is 28.4. The second-order valence-electron chi connectivity index (χ2n) is 2.39. The first-order valence-corrected chi connectivity index (χ1v) is 5.53. The SMILES string of the molecule is Cc1ccccc1[Si]1O[Si]O1. The second kappa shape index (κ2) is 2.90. The van der Waals surface area contributed by atoms with Crippen LogP contribution in [0.3, 0.4) is 0 Å². The maximum atomic E-state index is 5.30. The van der Waals surface area contributed by atoms with Gasteiger partial charge >= 0.3 is 19.3 Å². The minimum absolute atomic E-state index is 0.268. The van der Waals surface area contributed by atoms with E-state index in [4.69, 9.17) is 8.23 Å². The van der Waals surface area contributed by atoms with Gasteiger partial charge in [0.2, 0.25) is 0 Å². The first-order chi connectivity index (χ1) is 5.38. The van der Waals surface area contributed by atoms with E-state index in [-0.39, 0.29) is 10.0 Å². The van der Waals surface area contributed by atoms with Crippen molar-refractivity contribution >= 4 is 24.5 Å². The van der Waals surface area contributed by atoms with Crippen molar-refractivity contribution < 1.29 is 8.23 Å². The van der Waals surface area contributed by atoms with Crippen molar-refractivity contribution in [1.82, 2.24) is 0 Å². The maximum Gasteiger partial charge on any atom is 0.413 e. The molecule has 0 saturated carbocycles. The van der Waals surface area contributed by atoms with Gasteiger partial charge in [-0.25, -0.2) is 0 Å². The van der Waals surface area contributed by atoms with Gasteiger partial charge in [0.15, 0.2) is 0 Å². The smallest absolute Gasteiger partial charge is 0.409 e. The lowest BCUT2D eigenvalue weighted by Gasteiger charge is -2.23. The molecular formula is C7H7O2Si2. The van der Waals surface area contributed by atoms with Crippen molar-refractivity contribution in [2.45, 2.75) is 6.92 Å². The van der Waals surface area contributed by atoms with Crippen LogP contribution in [0.4, 0.5) is 0 Å². The van der Waals surface area contributed by atoms with Crippen LogP contribution in [0.25, 0.3) is 0 Å². The lowest BCUT2D eigenvalue weighted by Crippen LogP contribution is -2.49. The third kappa shape index (κ3) is 1.30. The van der Waals surface area contributed by atoms with E-state index in [9.17, 15) is 0 Å². The van der Waals surface area contributed by atoms with Crippen molar-refractivity contribution in [3.8, 4) is 0 Å². The fourth-order valence-electron chi connectivity index (χ4n) is 0.995. The van der Waals surface area contributed by atoms with Crippen LogP contribution in [0.1, 0.15) is 5.56 Å². The Morgan fingerprint density at radius 1 is 1.27 bits per heavy atom. The lowest BCUT2D eigenvalue weighted by molar-refractivity contribution is 0.327. The Morgan fingerprint density at radius 2 is 2.00 bits per heavy atom. The summed E-state index contributed by atoms with van der Waals surface area (Å²) in [5.41, 5.74) is 1.27. The number of hydrogen-bond donors (Lipinski definition) is 0. The molecule has 3 radical (unpaired) electrons. The fourth-order valence-corrected chi connectivity index (χ4v) is 3.18. The minimum Gasteiger partial charge on any atom is -0.409 e. The average Bonchev–Trinajstić information content (AvgIpc) is 1.90. The number of benzene rings is 1. The highest BCUT2D eigenvalue weighted by molar-refractivity contribution is 6.75. The molecule has 1 saturated heterocycles. The third-order valence-electron chi connectivity index (χ3n) is 1.63. The number of hydrogen-bond acceptors (Lipinski definition) is 2. The number of rotatable bonds is 1. The van der Waals surface area contributed by atoms with Gasteiger partial charge in [-0.15, -0.1) is 0 Å². The Hall–Kier alpha value is -0.426. The van der Waals surface area contributed by atoms with E-state index in [1.807, 2.05) is 12.1 Å². The van der Waals surface area contributed by atoms with Crippen molar-refractivity contribution in [2.24, 2.45) is 0 Å². The van der Waals surface area contributed by atoms with E-state index >= 15 is 0 Å². The lowest BCUT2D eigenvalue weighted by atomic mass is 10.2. The molecule has 0 spiro atoms. The Bertz CT molecular complexity index is 260. The van der Waals surface area contributed by atoms with Crippen LogP contribution in [0.15, 0.2) is 24.3 Å². The zero-order chi connectivity index (χ0) is 7.68. The fraction of sp³-hybridized carbons (Fsp3) is 0.143. The molecule has 0 bridgehead atoms. The summed E-state index contributed by atoms with van der Waals surface area (Å²) in [6.45, 7) is 2.08. The van der Waals surface area contributed by atoms with E-state index in [0.717, 1.165) is 0 Å². The Balaban J connectivity index is 2.28.